The fourth-order valence-corrected chi connectivity index (χ4v) is 11.8. The number of carbonyl (C=O) groups is 2. The van der Waals surface area contributed by atoms with Crippen molar-refractivity contribution in [1.82, 2.24) is 39.5 Å². The van der Waals surface area contributed by atoms with Gasteiger partial charge >= 0.3 is 0 Å². The molecule has 4 aliphatic heterocycles. The summed E-state index contributed by atoms with van der Waals surface area (Å²) in [6, 6.07) is 33.9. The number of fused-ring (bicyclic) bond motifs is 8. The molecule has 0 saturated carbocycles. The first-order chi connectivity index (χ1) is 35.1. The Morgan fingerprint density at radius 1 is 0.583 bits per heavy atom. The van der Waals surface area contributed by atoms with E-state index in [1.54, 1.807) is 24.8 Å². The number of rotatable bonds is 14. The minimum atomic E-state index is -0.492. The van der Waals surface area contributed by atoms with Gasteiger partial charge in [-0.1, -0.05) is 85.0 Å². The predicted octanol–water partition coefficient (Wildman–Crippen LogP) is 6.64. The summed E-state index contributed by atoms with van der Waals surface area (Å²) in [5, 5.41) is 27.5. The lowest BCUT2D eigenvalue weighted by atomic mass is 9.86. The van der Waals surface area contributed by atoms with Crippen LogP contribution in [0.4, 0.5) is 0 Å². The van der Waals surface area contributed by atoms with Crippen LogP contribution in [-0.2, 0) is 35.8 Å². The van der Waals surface area contributed by atoms with Crippen LogP contribution in [0.25, 0.3) is 12.2 Å². The first-order valence-corrected chi connectivity index (χ1v) is 25.0. The molecule has 2 aromatic carbocycles. The van der Waals surface area contributed by atoms with E-state index in [2.05, 4.69) is 30.4 Å². The van der Waals surface area contributed by atoms with E-state index in [0.29, 0.717) is 37.3 Å². The lowest BCUT2D eigenvalue weighted by Crippen LogP contribution is -2.46. The fraction of sp³-hybridized carbons (Fsp3) is 0.345. The number of hydrogen-bond donors (Lipinski definition) is 4. The van der Waals surface area contributed by atoms with Crippen molar-refractivity contribution in [2.24, 2.45) is 23.7 Å². The van der Waals surface area contributed by atoms with Gasteiger partial charge in [-0.3, -0.25) is 38.9 Å². The Hall–Kier alpha value is -7.10. The molecule has 0 unspecified atom stereocenters. The highest BCUT2D eigenvalue weighted by molar-refractivity contribution is 5.82. The van der Waals surface area contributed by atoms with Crippen LogP contribution in [0.3, 0.4) is 0 Å². The quantitative estimate of drug-likeness (QED) is 0.0928. The van der Waals surface area contributed by atoms with Crippen molar-refractivity contribution in [3.8, 4) is 0 Å². The summed E-state index contributed by atoms with van der Waals surface area (Å²) >= 11 is 0. The van der Waals surface area contributed by atoms with Crippen molar-refractivity contribution in [3.05, 3.63) is 212 Å². The van der Waals surface area contributed by atoms with E-state index in [1.807, 2.05) is 170 Å². The average Bonchev–Trinajstić information content (AvgIpc) is 3.74. The number of nitrogens with zero attached hydrogens (tertiary/aromatic N) is 6. The largest absolute Gasteiger partial charge is 0.396 e. The summed E-state index contributed by atoms with van der Waals surface area (Å²) in [5.74, 6) is -1.79. The molecule has 14 heteroatoms. The lowest BCUT2D eigenvalue weighted by Gasteiger charge is -2.38. The number of nitrogens with one attached hydrogen (secondary N) is 2. The SMILES string of the molecule is C/C=C/c1ccc2n(c1=O)C[C@H]1[C@H](CO)[C@@H](C(=O)N[C@H](C)c3ccccc3)[C@@H]2N1Cc1ccncc1.C/C=C\c1ccc2n(c1=O)C[C@H]1[C@H](CO)[C@@H](C(=O)N[C@H](C)c3ccccc3)[C@@H]2N1Cc1ccncc1. The summed E-state index contributed by atoms with van der Waals surface area (Å²) in [4.78, 5) is 67.2. The molecule has 10 rings (SSSR count). The van der Waals surface area contributed by atoms with Crippen molar-refractivity contribution in [3.63, 3.8) is 0 Å². The zero-order valence-electron chi connectivity index (χ0n) is 41.2. The van der Waals surface area contributed by atoms with Crippen molar-refractivity contribution in [2.75, 3.05) is 13.2 Å². The molecule has 4 bridgehead atoms. The van der Waals surface area contributed by atoms with E-state index in [1.165, 1.54) is 0 Å². The average molecular weight is 969 g/mol. The number of benzene rings is 2. The maximum absolute atomic E-state index is 13.8. The summed E-state index contributed by atoms with van der Waals surface area (Å²) < 4.78 is 3.62. The topological polar surface area (TPSA) is 175 Å². The second-order valence-electron chi connectivity index (χ2n) is 19.4. The molecule has 4 aliphatic rings. The summed E-state index contributed by atoms with van der Waals surface area (Å²) in [5.41, 5.74) is 6.99. The molecule has 0 aliphatic carbocycles. The monoisotopic (exact) mass is 968 g/mol. The number of pyridine rings is 4. The fourth-order valence-electron chi connectivity index (χ4n) is 11.8. The second kappa shape index (κ2) is 22.1. The molecule has 6 aromatic rings. The molecule has 4 aromatic heterocycles. The van der Waals surface area contributed by atoms with Gasteiger partial charge in [-0.2, -0.15) is 0 Å². The zero-order valence-corrected chi connectivity index (χ0v) is 41.2. The minimum Gasteiger partial charge on any atom is -0.396 e. The van der Waals surface area contributed by atoms with Crippen molar-refractivity contribution >= 4 is 24.0 Å². The van der Waals surface area contributed by atoms with Crippen LogP contribution in [0, 0.1) is 23.7 Å². The van der Waals surface area contributed by atoms with Crippen LogP contribution in [0.2, 0.25) is 0 Å². The van der Waals surface area contributed by atoms with Gasteiger partial charge in [0.2, 0.25) is 11.8 Å². The molecule has 2 saturated heterocycles. The number of aromatic nitrogens is 4. The Labute approximate surface area is 420 Å². The van der Waals surface area contributed by atoms with Crippen LogP contribution in [0.1, 0.15) is 96.6 Å². The molecule has 2 fully saturated rings. The van der Waals surface area contributed by atoms with Crippen LogP contribution in [0.5, 0.6) is 0 Å². The summed E-state index contributed by atoms with van der Waals surface area (Å²) in [7, 11) is 0. The third-order valence-electron chi connectivity index (χ3n) is 15.2. The van der Waals surface area contributed by atoms with Gasteiger partial charge in [-0.25, -0.2) is 0 Å². The van der Waals surface area contributed by atoms with E-state index in [4.69, 9.17) is 0 Å². The van der Waals surface area contributed by atoms with Gasteiger partial charge in [0, 0.05) is 111 Å². The van der Waals surface area contributed by atoms with E-state index in [9.17, 15) is 29.4 Å². The summed E-state index contributed by atoms with van der Waals surface area (Å²) in [6.07, 6.45) is 14.4. The van der Waals surface area contributed by atoms with Crippen molar-refractivity contribution in [2.45, 2.75) is 90.1 Å². The summed E-state index contributed by atoms with van der Waals surface area (Å²) in [6.45, 7) is 9.55. The Morgan fingerprint density at radius 2 is 0.958 bits per heavy atom. The number of aliphatic hydroxyl groups excluding tert-OH is 2. The maximum atomic E-state index is 13.8. The van der Waals surface area contributed by atoms with Crippen molar-refractivity contribution < 1.29 is 19.8 Å². The highest BCUT2D eigenvalue weighted by Gasteiger charge is 2.57. The zero-order chi connectivity index (χ0) is 50.5. The number of amides is 2. The third-order valence-corrected chi connectivity index (χ3v) is 15.2. The normalized spacial score (nSPS) is 24.0. The van der Waals surface area contributed by atoms with Gasteiger partial charge in [-0.15, -0.1) is 0 Å². The van der Waals surface area contributed by atoms with Crippen LogP contribution < -0.4 is 21.8 Å². The molecule has 10 atom stereocenters. The third kappa shape index (κ3) is 9.79. The number of carbonyl (C=O) groups excluding carboxylic acids is 2. The van der Waals surface area contributed by atoms with E-state index < -0.39 is 11.8 Å². The smallest absolute Gasteiger partial charge is 0.258 e. The predicted molar refractivity (Wildman–Crippen MR) is 278 cm³/mol. The van der Waals surface area contributed by atoms with Crippen LogP contribution in [0.15, 0.2) is 156 Å². The van der Waals surface area contributed by atoms with Gasteiger partial charge in [0.25, 0.3) is 11.1 Å². The molecular formula is C58H64N8O6. The number of hydrogen-bond acceptors (Lipinski definition) is 10. The Morgan fingerprint density at radius 3 is 1.31 bits per heavy atom. The molecular weight excluding hydrogens is 905 g/mol. The Kier molecular flexibility index (Phi) is 15.3. The van der Waals surface area contributed by atoms with Gasteiger partial charge < -0.3 is 30.0 Å². The molecule has 4 N–H and O–H groups in total. The highest BCUT2D eigenvalue weighted by atomic mass is 16.3. The molecule has 2 amide bonds. The molecule has 0 radical (unpaired) electrons. The molecule has 372 valence electrons. The standard InChI is InChI=1S/2C29H32N4O3/c2*1-3-7-22-10-11-24-27-26(28(35)31-19(2)21-8-5-4-6-9-21)23(18-34)25(17-33(24)29(22)36)32(27)16-20-12-14-30-15-13-20/h2*3-15,19,23,25-27,34H,16-18H2,1-2H3,(H,31,35)/b7-3+;7-3-/t2*19-,23+,25+,26-,27-/m11/s1. The van der Waals surface area contributed by atoms with Gasteiger partial charge in [0.15, 0.2) is 0 Å². The van der Waals surface area contributed by atoms with Crippen molar-refractivity contribution in [1.29, 1.82) is 0 Å². The highest BCUT2D eigenvalue weighted by Crippen LogP contribution is 2.50. The van der Waals surface area contributed by atoms with Gasteiger partial charge in [-0.05, 0) is 98.5 Å². The molecule has 0 spiro atoms. The first kappa shape index (κ1) is 49.9. The first-order valence-electron chi connectivity index (χ1n) is 25.0. The molecule has 8 heterocycles. The van der Waals surface area contributed by atoms with Crippen LogP contribution >= 0.6 is 0 Å². The Bertz CT molecular complexity index is 2810. The maximum Gasteiger partial charge on any atom is 0.258 e. The van der Waals surface area contributed by atoms with E-state index >= 15 is 0 Å². The molecule has 14 nitrogen and oxygen atoms in total. The van der Waals surface area contributed by atoms with E-state index in [-0.39, 0.29) is 84.2 Å². The molecule has 72 heavy (non-hydrogen) atoms. The second-order valence-corrected chi connectivity index (χ2v) is 19.4. The lowest BCUT2D eigenvalue weighted by molar-refractivity contribution is -0.129. The van der Waals surface area contributed by atoms with E-state index in [0.717, 1.165) is 33.6 Å². The Balaban J connectivity index is 0.000000178. The van der Waals surface area contributed by atoms with Gasteiger partial charge in [0.05, 0.1) is 36.0 Å². The van der Waals surface area contributed by atoms with Crippen LogP contribution in [-0.4, -0.2) is 76.2 Å². The van der Waals surface area contributed by atoms with Gasteiger partial charge in [0.1, 0.15) is 0 Å². The number of aliphatic hydroxyl groups is 2. The number of allylic oxidation sites excluding steroid dienone is 2. The minimum absolute atomic E-state index is 0.0560.